The van der Waals surface area contributed by atoms with Crippen molar-refractivity contribution >= 4 is 21.6 Å². The maximum absolute atomic E-state index is 5.64. The number of pyridine rings is 1. The molecule has 3 aromatic rings. The average molecular weight is 302 g/mol. The van der Waals surface area contributed by atoms with Crippen LogP contribution < -0.4 is 5.32 Å². The number of aromatic nitrogens is 3. The summed E-state index contributed by atoms with van der Waals surface area (Å²) in [5.74, 6) is 1.18. The van der Waals surface area contributed by atoms with E-state index in [2.05, 4.69) is 20.4 Å². The lowest BCUT2D eigenvalue weighted by molar-refractivity contribution is 0.0246. The van der Waals surface area contributed by atoms with Crippen LogP contribution >= 0.6 is 11.3 Å². The first-order chi connectivity index (χ1) is 10.4. The first kappa shape index (κ1) is 12.9. The first-order valence-electron chi connectivity index (χ1n) is 6.87. The molecule has 3 aromatic heterocycles. The van der Waals surface area contributed by atoms with Crippen molar-refractivity contribution in [2.45, 2.75) is 12.5 Å². The third-order valence-electron chi connectivity index (χ3n) is 3.44. The van der Waals surface area contributed by atoms with E-state index in [1.165, 1.54) is 0 Å². The van der Waals surface area contributed by atoms with Gasteiger partial charge in [-0.2, -0.15) is 4.98 Å². The van der Waals surface area contributed by atoms with Crippen molar-refractivity contribution in [3.8, 4) is 11.4 Å². The van der Waals surface area contributed by atoms with E-state index < -0.39 is 0 Å². The van der Waals surface area contributed by atoms with Crippen molar-refractivity contribution in [1.82, 2.24) is 20.4 Å². The van der Waals surface area contributed by atoms with Crippen molar-refractivity contribution in [3.63, 3.8) is 0 Å². The lowest BCUT2D eigenvalue weighted by atomic mass is 10.2. The Morgan fingerprint density at radius 3 is 3.33 bits per heavy atom. The van der Waals surface area contributed by atoms with E-state index in [1.54, 1.807) is 17.5 Å². The van der Waals surface area contributed by atoms with Gasteiger partial charge in [0.15, 0.2) is 0 Å². The summed E-state index contributed by atoms with van der Waals surface area (Å²) in [4.78, 5) is 8.84. The molecular weight excluding hydrogens is 288 g/mol. The predicted octanol–water partition coefficient (Wildman–Crippen LogP) is 1.88. The molecule has 0 aliphatic carbocycles. The number of rotatable bonds is 3. The van der Waals surface area contributed by atoms with Gasteiger partial charge in [-0.25, -0.2) is 0 Å². The van der Waals surface area contributed by atoms with Crippen LogP contribution in [-0.2, 0) is 11.2 Å². The summed E-state index contributed by atoms with van der Waals surface area (Å²) in [5, 5.41) is 9.36. The monoisotopic (exact) mass is 302 g/mol. The highest BCUT2D eigenvalue weighted by atomic mass is 32.1. The zero-order valence-corrected chi connectivity index (χ0v) is 12.1. The Labute approximate surface area is 125 Å². The highest BCUT2D eigenvalue weighted by Gasteiger charge is 2.18. The van der Waals surface area contributed by atoms with Gasteiger partial charge in [0.1, 0.15) is 0 Å². The molecule has 4 rings (SSSR count). The van der Waals surface area contributed by atoms with E-state index in [0.29, 0.717) is 18.1 Å². The van der Waals surface area contributed by atoms with Crippen molar-refractivity contribution in [2.75, 3.05) is 19.7 Å². The van der Waals surface area contributed by atoms with Gasteiger partial charge >= 0.3 is 0 Å². The molecule has 4 heterocycles. The summed E-state index contributed by atoms with van der Waals surface area (Å²) >= 11 is 1.65. The van der Waals surface area contributed by atoms with Gasteiger partial charge in [-0.05, 0) is 17.5 Å². The second-order valence-electron chi connectivity index (χ2n) is 4.94. The Hall–Kier alpha value is -1.83. The molecule has 1 aliphatic heterocycles. The highest BCUT2D eigenvalue weighted by molar-refractivity contribution is 7.17. The van der Waals surface area contributed by atoms with Gasteiger partial charge < -0.3 is 14.6 Å². The molecular formula is C14H14N4O2S. The minimum atomic E-state index is 0.102. The summed E-state index contributed by atoms with van der Waals surface area (Å²) in [7, 11) is 0. The molecule has 21 heavy (non-hydrogen) atoms. The number of hydrogen-bond donors (Lipinski definition) is 1. The second-order valence-corrected chi connectivity index (χ2v) is 5.89. The van der Waals surface area contributed by atoms with E-state index >= 15 is 0 Å². The Morgan fingerprint density at radius 2 is 2.43 bits per heavy atom. The molecule has 1 unspecified atom stereocenters. The molecule has 0 aromatic carbocycles. The quantitative estimate of drug-likeness (QED) is 0.796. The van der Waals surface area contributed by atoms with Crippen molar-refractivity contribution in [2.24, 2.45) is 0 Å². The SMILES string of the molecule is c1cc2ncc(-c3noc(CC4CNCCO4)n3)cc2s1. The van der Waals surface area contributed by atoms with Crippen LogP contribution in [-0.4, -0.2) is 40.9 Å². The predicted molar refractivity (Wildman–Crippen MR) is 79.2 cm³/mol. The van der Waals surface area contributed by atoms with Crippen LogP contribution in [0.5, 0.6) is 0 Å². The second kappa shape index (κ2) is 5.51. The van der Waals surface area contributed by atoms with E-state index in [9.17, 15) is 0 Å². The Morgan fingerprint density at radius 1 is 1.43 bits per heavy atom. The average Bonchev–Trinajstić information content (AvgIpc) is 3.16. The largest absolute Gasteiger partial charge is 0.375 e. The minimum absolute atomic E-state index is 0.102. The number of thiophene rings is 1. The molecule has 1 aliphatic rings. The maximum atomic E-state index is 5.64. The molecule has 6 nitrogen and oxygen atoms in total. The standard InChI is InChI=1S/C14H14N4O2S/c1-4-21-12-5-9(7-16-11(1)12)14-17-13(20-18-14)6-10-8-15-2-3-19-10/h1,4-5,7,10,15H,2-3,6,8H2. The third kappa shape index (κ3) is 2.67. The first-order valence-corrected chi connectivity index (χ1v) is 7.75. The van der Waals surface area contributed by atoms with Gasteiger partial charge in [0, 0.05) is 24.8 Å². The number of fused-ring (bicyclic) bond motifs is 1. The molecule has 0 bridgehead atoms. The number of nitrogens with one attached hydrogen (secondary N) is 1. The fraction of sp³-hybridized carbons (Fsp3) is 0.357. The fourth-order valence-electron chi connectivity index (χ4n) is 2.37. The van der Waals surface area contributed by atoms with Gasteiger partial charge in [-0.15, -0.1) is 11.3 Å². The summed E-state index contributed by atoms with van der Waals surface area (Å²) in [6.45, 7) is 2.45. The van der Waals surface area contributed by atoms with Crippen LogP contribution in [0.3, 0.4) is 0 Å². The molecule has 0 amide bonds. The number of ether oxygens (including phenoxy) is 1. The normalized spacial score (nSPS) is 19.1. The molecule has 1 atom stereocenters. The molecule has 7 heteroatoms. The third-order valence-corrected chi connectivity index (χ3v) is 4.29. The Kier molecular flexibility index (Phi) is 3.38. The lowest BCUT2D eigenvalue weighted by Gasteiger charge is -2.21. The number of morpholine rings is 1. The van der Waals surface area contributed by atoms with Crippen LogP contribution in [0.25, 0.3) is 21.6 Å². The summed E-state index contributed by atoms with van der Waals surface area (Å²) in [6, 6.07) is 4.04. The van der Waals surface area contributed by atoms with Gasteiger partial charge in [0.2, 0.25) is 11.7 Å². The van der Waals surface area contributed by atoms with E-state index in [4.69, 9.17) is 9.26 Å². The molecule has 1 saturated heterocycles. The molecule has 1 fully saturated rings. The van der Waals surface area contributed by atoms with Crippen LogP contribution in [0, 0.1) is 0 Å². The van der Waals surface area contributed by atoms with Crippen LogP contribution in [0.1, 0.15) is 5.89 Å². The van der Waals surface area contributed by atoms with E-state index in [0.717, 1.165) is 35.5 Å². The zero-order chi connectivity index (χ0) is 14.1. The summed E-state index contributed by atoms with van der Waals surface area (Å²) < 4.78 is 12.1. The number of hydrogen-bond acceptors (Lipinski definition) is 7. The lowest BCUT2D eigenvalue weighted by Crippen LogP contribution is -2.39. The molecule has 0 radical (unpaired) electrons. The number of nitrogens with zero attached hydrogens (tertiary/aromatic N) is 3. The molecule has 1 N–H and O–H groups in total. The zero-order valence-electron chi connectivity index (χ0n) is 11.3. The van der Waals surface area contributed by atoms with Crippen molar-refractivity contribution < 1.29 is 9.26 Å². The highest BCUT2D eigenvalue weighted by Crippen LogP contribution is 2.24. The Balaban J connectivity index is 1.55. The molecule has 0 spiro atoms. The van der Waals surface area contributed by atoms with Crippen LogP contribution in [0.2, 0.25) is 0 Å². The van der Waals surface area contributed by atoms with Gasteiger partial charge in [-0.3, -0.25) is 4.98 Å². The van der Waals surface area contributed by atoms with E-state index in [-0.39, 0.29) is 6.10 Å². The van der Waals surface area contributed by atoms with Crippen LogP contribution in [0.15, 0.2) is 28.2 Å². The maximum Gasteiger partial charge on any atom is 0.229 e. The molecule has 0 saturated carbocycles. The van der Waals surface area contributed by atoms with Crippen molar-refractivity contribution in [3.05, 3.63) is 29.6 Å². The molecule has 108 valence electrons. The summed E-state index contributed by atoms with van der Waals surface area (Å²) in [5.41, 5.74) is 1.87. The minimum Gasteiger partial charge on any atom is -0.375 e. The van der Waals surface area contributed by atoms with E-state index in [1.807, 2.05) is 17.5 Å². The topological polar surface area (TPSA) is 73.1 Å². The van der Waals surface area contributed by atoms with Gasteiger partial charge in [0.05, 0.1) is 29.3 Å². The fourth-order valence-corrected chi connectivity index (χ4v) is 3.15. The van der Waals surface area contributed by atoms with Crippen molar-refractivity contribution in [1.29, 1.82) is 0 Å². The van der Waals surface area contributed by atoms with Crippen LogP contribution in [0.4, 0.5) is 0 Å². The summed E-state index contributed by atoms with van der Waals surface area (Å²) in [6.07, 6.45) is 2.52. The Bertz CT molecular complexity index is 748. The van der Waals surface area contributed by atoms with Gasteiger partial charge in [-0.1, -0.05) is 5.16 Å². The van der Waals surface area contributed by atoms with Gasteiger partial charge in [0.25, 0.3) is 0 Å². The smallest absolute Gasteiger partial charge is 0.229 e.